The van der Waals surface area contributed by atoms with Crippen LogP contribution in [0.3, 0.4) is 0 Å². The summed E-state index contributed by atoms with van der Waals surface area (Å²) in [5, 5.41) is 15.3. The lowest BCUT2D eigenvalue weighted by Gasteiger charge is -2.18. The summed E-state index contributed by atoms with van der Waals surface area (Å²) in [5.41, 5.74) is 1.16. The van der Waals surface area contributed by atoms with E-state index < -0.39 is 0 Å². The quantitative estimate of drug-likeness (QED) is 0.688. The van der Waals surface area contributed by atoms with E-state index in [-0.39, 0.29) is 6.61 Å². The first-order chi connectivity index (χ1) is 11.3. The molecule has 120 valence electrons. The Kier molecular flexibility index (Phi) is 5.52. The maximum atomic E-state index is 9.24. The molecule has 2 heterocycles. The second-order valence-corrected chi connectivity index (χ2v) is 6.31. The third kappa shape index (κ3) is 4.72. The van der Waals surface area contributed by atoms with Crippen molar-refractivity contribution in [3.05, 3.63) is 70.0 Å². The number of aromatic nitrogens is 2. The van der Waals surface area contributed by atoms with Crippen LogP contribution in [-0.2, 0) is 19.5 Å². The van der Waals surface area contributed by atoms with Gasteiger partial charge in [0.05, 0.1) is 13.2 Å². The van der Waals surface area contributed by atoms with Gasteiger partial charge in [0.15, 0.2) is 5.82 Å². The summed E-state index contributed by atoms with van der Waals surface area (Å²) >= 11 is 1.70. The van der Waals surface area contributed by atoms with Crippen molar-refractivity contribution < 1.29 is 9.63 Å². The summed E-state index contributed by atoms with van der Waals surface area (Å²) < 4.78 is 5.35. The van der Waals surface area contributed by atoms with Crippen LogP contribution in [0.5, 0.6) is 0 Å². The van der Waals surface area contributed by atoms with Crippen molar-refractivity contribution in [1.29, 1.82) is 0 Å². The van der Waals surface area contributed by atoms with Gasteiger partial charge in [0.1, 0.15) is 0 Å². The number of aliphatic hydroxyl groups is 1. The van der Waals surface area contributed by atoms with E-state index >= 15 is 0 Å². The Morgan fingerprint density at radius 2 is 1.96 bits per heavy atom. The lowest BCUT2D eigenvalue weighted by Crippen LogP contribution is -2.25. The Morgan fingerprint density at radius 1 is 1.09 bits per heavy atom. The minimum Gasteiger partial charge on any atom is -0.395 e. The fourth-order valence-electron chi connectivity index (χ4n) is 2.37. The molecule has 3 aromatic rings. The number of aliphatic hydroxyl groups excluding tert-OH is 1. The van der Waals surface area contributed by atoms with Crippen molar-refractivity contribution in [2.75, 3.05) is 13.2 Å². The molecule has 0 amide bonds. The van der Waals surface area contributed by atoms with Crippen LogP contribution in [0.1, 0.15) is 22.2 Å². The third-order valence-corrected chi connectivity index (χ3v) is 4.31. The molecule has 0 unspecified atom stereocenters. The Labute approximate surface area is 139 Å². The Bertz CT molecular complexity index is 698. The minimum atomic E-state index is 0.108. The molecule has 0 bridgehead atoms. The lowest BCUT2D eigenvalue weighted by molar-refractivity contribution is 0.169. The van der Waals surface area contributed by atoms with Crippen molar-refractivity contribution in [3.63, 3.8) is 0 Å². The first-order valence-corrected chi connectivity index (χ1v) is 8.42. The van der Waals surface area contributed by atoms with Crippen LogP contribution in [0.15, 0.2) is 52.4 Å². The SMILES string of the molecule is OCCN(Cc1nc(Cc2ccccc2)no1)Cc1cccs1. The number of hydrogen-bond donors (Lipinski definition) is 1. The summed E-state index contributed by atoms with van der Waals surface area (Å²) in [6.07, 6.45) is 0.662. The van der Waals surface area contributed by atoms with Gasteiger partial charge in [-0.3, -0.25) is 4.90 Å². The van der Waals surface area contributed by atoms with Crippen molar-refractivity contribution in [1.82, 2.24) is 15.0 Å². The van der Waals surface area contributed by atoms with Gasteiger partial charge in [-0.15, -0.1) is 11.3 Å². The predicted molar refractivity (Wildman–Crippen MR) is 89.1 cm³/mol. The highest BCUT2D eigenvalue weighted by Gasteiger charge is 2.13. The van der Waals surface area contributed by atoms with E-state index in [4.69, 9.17) is 4.52 Å². The molecule has 3 rings (SSSR count). The number of thiophene rings is 1. The summed E-state index contributed by atoms with van der Waals surface area (Å²) in [7, 11) is 0. The summed E-state index contributed by atoms with van der Waals surface area (Å²) in [5.74, 6) is 1.27. The van der Waals surface area contributed by atoms with E-state index in [0.717, 1.165) is 12.1 Å². The molecule has 0 atom stereocenters. The van der Waals surface area contributed by atoms with Crippen LogP contribution in [0, 0.1) is 0 Å². The van der Waals surface area contributed by atoms with E-state index in [1.165, 1.54) is 4.88 Å². The maximum Gasteiger partial charge on any atom is 0.240 e. The molecule has 0 fully saturated rings. The standard InChI is InChI=1S/C17H19N3O2S/c21-9-8-20(12-15-7-4-10-23-15)13-17-18-16(19-22-17)11-14-5-2-1-3-6-14/h1-7,10,21H,8-9,11-13H2. The van der Waals surface area contributed by atoms with Crippen LogP contribution >= 0.6 is 11.3 Å². The Hall–Kier alpha value is -2.02. The summed E-state index contributed by atoms with van der Waals surface area (Å²) in [6, 6.07) is 14.2. The van der Waals surface area contributed by atoms with Crippen molar-refractivity contribution in [3.8, 4) is 0 Å². The topological polar surface area (TPSA) is 62.4 Å². The number of rotatable bonds is 8. The summed E-state index contributed by atoms with van der Waals surface area (Å²) in [6.45, 7) is 2.00. The zero-order chi connectivity index (χ0) is 15.9. The molecule has 0 radical (unpaired) electrons. The largest absolute Gasteiger partial charge is 0.395 e. The first-order valence-electron chi connectivity index (χ1n) is 7.54. The molecule has 0 saturated carbocycles. The molecule has 0 saturated heterocycles. The van der Waals surface area contributed by atoms with Crippen LogP contribution in [0.25, 0.3) is 0 Å². The molecule has 1 aromatic carbocycles. The van der Waals surface area contributed by atoms with Gasteiger partial charge in [-0.2, -0.15) is 4.98 Å². The molecule has 0 aliphatic carbocycles. The first kappa shape index (κ1) is 15.9. The van der Waals surface area contributed by atoms with Gasteiger partial charge in [0.2, 0.25) is 5.89 Å². The molecule has 6 heteroatoms. The monoisotopic (exact) mass is 329 g/mol. The average Bonchev–Trinajstić information content (AvgIpc) is 3.21. The highest BCUT2D eigenvalue weighted by Crippen LogP contribution is 2.14. The van der Waals surface area contributed by atoms with E-state index in [0.29, 0.717) is 31.2 Å². The number of benzene rings is 1. The molecule has 2 aromatic heterocycles. The third-order valence-electron chi connectivity index (χ3n) is 3.45. The van der Waals surface area contributed by atoms with E-state index in [1.807, 2.05) is 36.4 Å². The fraction of sp³-hybridized carbons (Fsp3) is 0.294. The van der Waals surface area contributed by atoms with Crippen molar-refractivity contribution in [2.24, 2.45) is 0 Å². The Balaban J connectivity index is 1.62. The summed E-state index contributed by atoms with van der Waals surface area (Å²) in [4.78, 5) is 7.81. The van der Waals surface area contributed by atoms with Crippen molar-refractivity contribution in [2.45, 2.75) is 19.5 Å². The van der Waals surface area contributed by atoms with Crippen molar-refractivity contribution >= 4 is 11.3 Å². The van der Waals surface area contributed by atoms with Gasteiger partial charge in [-0.05, 0) is 17.0 Å². The van der Waals surface area contributed by atoms with Crippen LogP contribution in [0.2, 0.25) is 0 Å². The molecular weight excluding hydrogens is 310 g/mol. The van der Waals surface area contributed by atoms with E-state index in [9.17, 15) is 5.11 Å². The average molecular weight is 329 g/mol. The second kappa shape index (κ2) is 8.01. The Morgan fingerprint density at radius 3 is 2.70 bits per heavy atom. The minimum absolute atomic E-state index is 0.108. The lowest BCUT2D eigenvalue weighted by atomic mass is 10.1. The van der Waals surface area contributed by atoms with Gasteiger partial charge in [-0.25, -0.2) is 0 Å². The highest BCUT2D eigenvalue weighted by atomic mass is 32.1. The van der Waals surface area contributed by atoms with Crippen LogP contribution in [-0.4, -0.2) is 33.3 Å². The zero-order valence-electron chi connectivity index (χ0n) is 12.8. The number of hydrogen-bond acceptors (Lipinski definition) is 6. The van der Waals surface area contributed by atoms with E-state index in [1.54, 1.807) is 11.3 Å². The van der Waals surface area contributed by atoms with Gasteiger partial charge in [-0.1, -0.05) is 41.6 Å². The zero-order valence-corrected chi connectivity index (χ0v) is 13.6. The number of nitrogens with zero attached hydrogens (tertiary/aromatic N) is 3. The maximum absolute atomic E-state index is 9.24. The van der Waals surface area contributed by atoms with Gasteiger partial charge >= 0.3 is 0 Å². The second-order valence-electron chi connectivity index (χ2n) is 5.28. The molecular formula is C17H19N3O2S. The van der Waals surface area contributed by atoms with Crippen LogP contribution < -0.4 is 0 Å². The van der Waals surface area contributed by atoms with E-state index in [2.05, 4.69) is 26.5 Å². The van der Waals surface area contributed by atoms with Crippen LogP contribution in [0.4, 0.5) is 0 Å². The smallest absolute Gasteiger partial charge is 0.240 e. The molecule has 23 heavy (non-hydrogen) atoms. The molecule has 0 aliphatic heterocycles. The highest BCUT2D eigenvalue weighted by molar-refractivity contribution is 7.09. The molecule has 0 spiro atoms. The molecule has 0 aliphatic rings. The van der Waals surface area contributed by atoms with Gasteiger partial charge < -0.3 is 9.63 Å². The van der Waals surface area contributed by atoms with Gasteiger partial charge in [0.25, 0.3) is 0 Å². The molecule has 1 N–H and O–H groups in total. The predicted octanol–water partition coefficient (Wildman–Crippen LogP) is 2.72. The molecule has 5 nitrogen and oxygen atoms in total. The normalized spacial score (nSPS) is 11.2. The van der Waals surface area contributed by atoms with Gasteiger partial charge in [0, 0.05) is 24.4 Å². The fourth-order valence-corrected chi connectivity index (χ4v) is 3.12.